The van der Waals surface area contributed by atoms with E-state index in [1.54, 1.807) is 17.3 Å². The predicted molar refractivity (Wildman–Crippen MR) is 47.2 cm³/mol. The minimum Gasteiger partial charge on any atom is -0.387 e. The molecule has 0 fully saturated rings. The SMILES string of the molecule is [CH2]N(C)CC(O)c1cccnc1. The van der Waals surface area contributed by atoms with E-state index in [0.29, 0.717) is 6.54 Å². The van der Waals surface area contributed by atoms with E-state index < -0.39 is 6.10 Å². The molecule has 1 N–H and O–H groups in total. The van der Waals surface area contributed by atoms with E-state index in [4.69, 9.17) is 0 Å². The smallest absolute Gasteiger partial charge is 0.0931 e. The van der Waals surface area contributed by atoms with E-state index in [2.05, 4.69) is 12.0 Å². The van der Waals surface area contributed by atoms with Crippen LogP contribution in [0.15, 0.2) is 24.5 Å². The van der Waals surface area contributed by atoms with E-state index in [1.807, 2.05) is 19.2 Å². The Kier molecular flexibility index (Phi) is 3.19. The summed E-state index contributed by atoms with van der Waals surface area (Å²) in [4.78, 5) is 5.61. The summed E-state index contributed by atoms with van der Waals surface area (Å²) >= 11 is 0. The van der Waals surface area contributed by atoms with Gasteiger partial charge in [-0.15, -0.1) is 0 Å². The van der Waals surface area contributed by atoms with Crippen molar-refractivity contribution in [2.75, 3.05) is 13.6 Å². The Morgan fingerprint density at radius 2 is 2.50 bits per heavy atom. The topological polar surface area (TPSA) is 36.4 Å². The number of nitrogens with zero attached hydrogens (tertiary/aromatic N) is 2. The van der Waals surface area contributed by atoms with Crippen molar-refractivity contribution >= 4 is 0 Å². The van der Waals surface area contributed by atoms with Crippen molar-refractivity contribution in [3.8, 4) is 0 Å². The standard InChI is InChI=1S/C9H13N2O/c1-11(2)7-9(12)8-4-3-5-10-6-8/h3-6,9,12H,1,7H2,2H3. The maximum absolute atomic E-state index is 9.57. The number of hydrogen-bond donors (Lipinski definition) is 1. The maximum Gasteiger partial charge on any atom is 0.0931 e. The molecule has 0 bridgehead atoms. The van der Waals surface area contributed by atoms with Crippen LogP contribution in [-0.4, -0.2) is 28.6 Å². The first-order valence-corrected chi connectivity index (χ1v) is 3.80. The third-order valence-electron chi connectivity index (χ3n) is 1.55. The van der Waals surface area contributed by atoms with Crippen LogP contribution < -0.4 is 0 Å². The highest BCUT2D eigenvalue weighted by Gasteiger charge is 2.07. The van der Waals surface area contributed by atoms with Gasteiger partial charge in [0.05, 0.1) is 6.10 Å². The van der Waals surface area contributed by atoms with E-state index in [9.17, 15) is 5.11 Å². The molecule has 65 valence electrons. The number of pyridine rings is 1. The average Bonchev–Trinajstić information content (AvgIpc) is 2.05. The summed E-state index contributed by atoms with van der Waals surface area (Å²) in [5.41, 5.74) is 0.827. The molecule has 12 heavy (non-hydrogen) atoms. The van der Waals surface area contributed by atoms with Gasteiger partial charge in [0.25, 0.3) is 0 Å². The molecule has 1 aromatic heterocycles. The van der Waals surface area contributed by atoms with E-state index in [1.165, 1.54) is 0 Å². The molecule has 0 aliphatic heterocycles. The Labute approximate surface area is 72.7 Å². The zero-order valence-electron chi connectivity index (χ0n) is 7.14. The normalized spacial score (nSPS) is 13.3. The molecule has 0 aromatic carbocycles. The molecular weight excluding hydrogens is 152 g/mol. The Morgan fingerprint density at radius 1 is 1.75 bits per heavy atom. The molecule has 1 unspecified atom stereocenters. The largest absolute Gasteiger partial charge is 0.387 e. The second-order valence-electron chi connectivity index (χ2n) is 2.84. The molecule has 1 rings (SSSR count). The second kappa shape index (κ2) is 4.18. The molecule has 0 saturated heterocycles. The van der Waals surface area contributed by atoms with Gasteiger partial charge in [-0.05, 0) is 13.1 Å². The highest BCUT2D eigenvalue weighted by atomic mass is 16.3. The maximum atomic E-state index is 9.57. The van der Waals surface area contributed by atoms with E-state index in [0.717, 1.165) is 5.56 Å². The van der Waals surface area contributed by atoms with Crippen molar-refractivity contribution in [1.29, 1.82) is 0 Å². The number of likely N-dealkylation sites (N-methyl/N-ethyl adjacent to an activating group) is 1. The van der Waals surface area contributed by atoms with Crippen LogP contribution in [0.25, 0.3) is 0 Å². The number of hydrogen-bond acceptors (Lipinski definition) is 3. The van der Waals surface area contributed by atoms with Crippen LogP contribution in [-0.2, 0) is 0 Å². The fraction of sp³-hybridized carbons (Fsp3) is 0.333. The van der Waals surface area contributed by atoms with Gasteiger partial charge >= 0.3 is 0 Å². The van der Waals surface area contributed by atoms with Crippen LogP contribution in [0.4, 0.5) is 0 Å². The van der Waals surface area contributed by atoms with Gasteiger partial charge in [0, 0.05) is 31.5 Å². The fourth-order valence-electron chi connectivity index (χ4n) is 0.974. The minimum absolute atomic E-state index is 0.499. The van der Waals surface area contributed by atoms with Gasteiger partial charge in [0.1, 0.15) is 0 Å². The summed E-state index contributed by atoms with van der Waals surface area (Å²) in [7, 11) is 5.48. The highest BCUT2D eigenvalue weighted by Crippen LogP contribution is 2.10. The lowest BCUT2D eigenvalue weighted by atomic mass is 10.1. The molecule has 3 nitrogen and oxygen atoms in total. The fourth-order valence-corrected chi connectivity index (χ4v) is 0.974. The van der Waals surface area contributed by atoms with Gasteiger partial charge in [-0.1, -0.05) is 6.07 Å². The van der Waals surface area contributed by atoms with Gasteiger partial charge in [-0.25, -0.2) is 0 Å². The Bertz CT molecular complexity index is 223. The summed E-state index contributed by atoms with van der Waals surface area (Å²) < 4.78 is 0. The summed E-state index contributed by atoms with van der Waals surface area (Å²) in [5.74, 6) is 0. The quantitative estimate of drug-likeness (QED) is 0.721. The first-order valence-electron chi connectivity index (χ1n) is 3.80. The number of rotatable bonds is 3. The van der Waals surface area contributed by atoms with Crippen LogP contribution in [0.3, 0.4) is 0 Å². The molecule has 0 saturated carbocycles. The van der Waals surface area contributed by atoms with Crippen LogP contribution in [0.5, 0.6) is 0 Å². The molecule has 3 heteroatoms. The van der Waals surface area contributed by atoms with Crippen molar-refractivity contribution in [2.45, 2.75) is 6.10 Å². The summed E-state index contributed by atoms with van der Waals surface area (Å²) in [6.45, 7) is 0.520. The zero-order valence-corrected chi connectivity index (χ0v) is 7.14. The predicted octanol–water partition coefficient (Wildman–Crippen LogP) is 0.838. The van der Waals surface area contributed by atoms with Crippen LogP contribution in [0, 0.1) is 7.05 Å². The zero-order chi connectivity index (χ0) is 8.97. The number of aliphatic hydroxyl groups excluding tert-OH is 1. The Balaban J connectivity index is 2.59. The third-order valence-corrected chi connectivity index (χ3v) is 1.55. The molecular formula is C9H13N2O. The van der Waals surface area contributed by atoms with Crippen LogP contribution in [0.1, 0.15) is 11.7 Å². The Morgan fingerprint density at radius 3 is 3.00 bits per heavy atom. The van der Waals surface area contributed by atoms with Crippen molar-refractivity contribution in [2.24, 2.45) is 0 Å². The molecule has 1 heterocycles. The van der Waals surface area contributed by atoms with Crippen molar-refractivity contribution in [3.63, 3.8) is 0 Å². The molecule has 0 spiro atoms. The lowest BCUT2D eigenvalue weighted by Gasteiger charge is -2.15. The van der Waals surface area contributed by atoms with Crippen molar-refractivity contribution in [3.05, 3.63) is 37.1 Å². The first kappa shape index (κ1) is 9.16. The van der Waals surface area contributed by atoms with Gasteiger partial charge in [-0.3, -0.25) is 4.98 Å². The molecule has 0 aliphatic rings. The average molecular weight is 165 g/mol. The van der Waals surface area contributed by atoms with Gasteiger partial charge in [0.15, 0.2) is 0 Å². The van der Waals surface area contributed by atoms with E-state index in [-0.39, 0.29) is 0 Å². The first-order chi connectivity index (χ1) is 5.70. The van der Waals surface area contributed by atoms with Crippen LogP contribution >= 0.6 is 0 Å². The summed E-state index contributed by atoms with van der Waals surface area (Å²) in [6.07, 6.45) is 2.85. The summed E-state index contributed by atoms with van der Waals surface area (Å²) in [6, 6.07) is 3.66. The molecule has 1 aromatic rings. The minimum atomic E-state index is -0.499. The van der Waals surface area contributed by atoms with Crippen molar-refractivity contribution < 1.29 is 5.11 Å². The van der Waals surface area contributed by atoms with E-state index >= 15 is 0 Å². The molecule has 0 aliphatic carbocycles. The number of aromatic nitrogens is 1. The molecule has 1 atom stereocenters. The highest BCUT2D eigenvalue weighted by molar-refractivity contribution is 5.11. The third kappa shape index (κ3) is 2.60. The second-order valence-corrected chi connectivity index (χ2v) is 2.84. The lowest BCUT2D eigenvalue weighted by Crippen LogP contribution is -2.18. The van der Waals surface area contributed by atoms with Crippen LogP contribution in [0.2, 0.25) is 0 Å². The summed E-state index contributed by atoms with van der Waals surface area (Å²) in [5, 5.41) is 9.57. The van der Waals surface area contributed by atoms with Gasteiger partial charge < -0.3 is 10.0 Å². The Hall–Kier alpha value is -0.930. The molecule has 1 radical (unpaired) electrons. The van der Waals surface area contributed by atoms with Crippen molar-refractivity contribution in [1.82, 2.24) is 9.88 Å². The molecule has 0 amide bonds. The lowest BCUT2D eigenvalue weighted by molar-refractivity contribution is 0.144. The monoisotopic (exact) mass is 165 g/mol. The van der Waals surface area contributed by atoms with Gasteiger partial charge in [0.2, 0.25) is 0 Å². The van der Waals surface area contributed by atoms with Gasteiger partial charge in [-0.2, -0.15) is 0 Å². The number of aliphatic hydroxyl groups is 1.